The molecule has 2 unspecified atom stereocenters. The van der Waals surface area contributed by atoms with Gasteiger partial charge >= 0.3 is 0 Å². The summed E-state index contributed by atoms with van der Waals surface area (Å²) in [5, 5.41) is 14.4. The Bertz CT molecular complexity index is 849. The van der Waals surface area contributed by atoms with E-state index in [0.717, 1.165) is 6.42 Å². The van der Waals surface area contributed by atoms with Crippen LogP contribution in [0.4, 0.5) is 0 Å². The van der Waals surface area contributed by atoms with Gasteiger partial charge in [-0.1, -0.05) is 17.7 Å². The number of likely N-dealkylation sites (tertiary alicyclic amines) is 1. The minimum absolute atomic E-state index is 0.00761. The third-order valence-corrected chi connectivity index (χ3v) is 7.76. The SMILES string of the molecule is CC1(NC(=O)CN2CCCC(O)(COc3cccc(Cl)c3)CC2)CCS(=O)(=O)C1. The minimum Gasteiger partial charge on any atom is -0.491 e. The first-order valence-corrected chi connectivity index (χ1v) is 12.1. The molecular weight excluding hydrogens is 416 g/mol. The molecule has 2 aliphatic heterocycles. The summed E-state index contributed by atoms with van der Waals surface area (Å²) in [6.45, 7) is 3.41. The number of nitrogens with zero attached hydrogens (tertiary/aromatic N) is 1. The van der Waals surface area contributed by atoms with Gasteiger partial charge in [-0.2, -0.15) is 0 Å². The van der Waals surface area contributed by atoms with Crippen LogP contribution < -0.4 is 10.1 Å². The molecule has 3 rings (SSSR count). The second-order valence-corrected chi connectivity index (χ2v) is 11.2. The molecule has 1 amide bonds. The summed E-state index contributed by atoms with van der Waals surface area (Å²) in [6, 6.07) is 7.07. The molecule has 1 aromatic carbocycles. The number of aliphatic hydroxyl groups is 1. The lowest BCUT2D eigenvalue weighted by molar-refractivity contribution is -0.123. The Kier molecular flexibility index (Phi) is 6.77. The number of carbonyl (C=O) groups excluding carboxylic acids is 1. The quantitative estimate of drug-likeness (QED) is 0.692. The normalized spacial score (nSPS) is 29.9. The Hall–Kier alpha value is -1.35. The summed E-state index contributed by atoms with van der Waals surface area (Å²) in [5.74, 6) is 0.552. The van der Waals surface area contributed by atoms with E-state index in [1.807, 2.05) is 4.90 Å². The van der Waals surface area contributed by atoms with Gasteiger partial charge in [0.05, 0.1) is 29.2 Å². The fourth-order valence-electron chi connectivity index (χ4n) is 4.00. The van der Waals surface area contributed by atoms with Crippen molar-refractivity contribution >= 4 is 27.3 Å². The summed E-state index contributed by atoms with van der Waals surface area (Å²) >= 11 is 5.96. The van der Waals surface area contributed by atoms with Crippen molar-refractivity contribution < 1.29 is 23.1 Å². The predicted octanol–water partition coefficient (Wildman–Crippen LogP) is 1.63. The van der Waals surface area contributed by atoms with Crippen molar-refractivity contribution in [3.63, 3.8) is 0 Å². The highest BCUT2D eigenvalue weighted by Gasteiger charge is 2.39. The Labute approximate surface area is 177 Å². The maximum Gasteiger partial charge on any atom is 0.234 e. The number of nitrogens with one attached hydrogen (secondary N) is 1. The largest absolute Gasteiger partial charge is 0.491 e. The van der Waals surface area contributed by atoms with E-state index < -0.39 is 21.0 Å². The minimum atomic E-state index is -3.07. The Morgan fingerprint density at radius 2 is 2.10 bits per heavy atom. The van der Waals surface area contributed by atoms with Crippen LogP contribution in [0.2, 0.25) is 5.02 Å². The Morgan fingerprint density at radius 1 is 1.31 bits per heavy atom. The Morgan fingerprint density at radius 3 is 2.79 bits per heavy atom. The van der Waals surface area contributed by atoms with Crippen molar-refractivity contribution in [1.82, 2.24) is 10.2 Å². The number of hydrogen-bond donors (Lipinski definition) is 2. The molecule has 7 nitrogen and oxygen atoms in total. The van der Waals surface area contributed by atoms with Crippen molar-refractivity contribution in [1.29, 1.82) is 0 Å². The zero-order chi connectivity index (χ0) is 21.1. The number of halogens is 1. The second-order valence-electron chi connectivity index (χ2n) is 8.55. The van der Waals surface area contributed by atoms with Gasteiger partial charge in [0, 0.05) is 11.6 Å². The molecule has 0 spiro atoms. The van der Waals surface area contributed by atoms with E-state index in [0.29, 0.717) is 43.1 Å². The van der Waals surface area contributed by atoms with Crippen molar-refractivity contribution in [2.75, 3.05) is 37.7 Å². The molecule has 2 N–H and O–H groups in total. The fraction of sp³-hybridized carbons (Fsp3) is 0.650. The van der Waals surface area contributed by atoms with Crippen molar-refractivity contribution in [3.8, 4) is 5.75 Å². The maximum absolute atomic E-state index is 12.5. The van der Waals surface area contributed by atoms with Crippen LogP contribution in [0, 0.1) is 0 Å². The first-order valence-electron chi connectivity index (χ1n) is 9.91. The highest BCUT2D eigenvalue weighted by atomic mass is 35.5. The number of ether oxygens (including phenoxy) is 1. The fourth-order valence-corrected chi connectivity index (χ4v) is 6.27. The summed E-state index contributed by atoms with van der Waals surface area (Å²) in [4.78, 5) is 14.5. The van der Waals surface area contributed by atoms with Gasteiger partial charge < -0.3 is 15.2 Å². The van der Waals surface area contributed by atoms with Crippen LogP contribution in [-0.2, 0) is 14.6 Å². The summed E-state index contributed by atoms with van der Waals surface area (Å²) in [6.07, 6.45) is 2.27. The number of rotatable bonds is 6. The molecule has 2 heterocycles. The first-order chi connectivity index (χ1) is 13.6. The summed E-state index contributed by atoms with van der Waals surface area (Å²) < 4.78 is 29.2. The van der Waals surface area contributed by atoms with Crippen LogP contribution in [-0.4, -0.2) is 73.2 Å². The zero-order valence-corrected chi connectivity index (χ0v) is 18.3. The number of sulfone groups is 1. The molecule has 2 fully saturated rings. The van der Waals surface area contributed by atoms with Gasteiger partial charge in [0.2, 0.25) is 5.91 Å². The van der Waals surface area contributed by atoms with E-state index in [2.05, 4.69) is 5.32 Å². The molecule has 2 atom stereocenters. The van der Waals surface area contributed by atoms with Gasteiger partial charge in [-0.25, -0.2) is 8.42 Å². The summed E-state index contributed by atoms with van der Waals surface area (Å²) in [7, 11) is -3.07. The monoisotopic (exact) mass is 444 g/mol. The van der Waals surface area contributed by atoms with E-state index in [4.69, 9.17) is 16.3 Å². The van der Waals surface area contributed by atoms with Crippen LogP contribution in [0.5, 0.6) is 5.75 Å². The molecular formula is C20H29ClN2O5S. The lowest BCUT2D eigenvalue weighted by atomic mass is 9.96. The lowest BCUT2D eigenvalue weighted by Crippen LogP contribution is -2.50. The number of hydrogen-bond acceptors (Lipinski definition) is 6. The first kappa shape index (κ1) is 22.3. The van der Waals surface area contributed by atoms with Gasteiger partial charge in [-0.3, -0.25) is 9.69 Å². The molecule has 0 saturated carbocycles. The highest BCUT2D eigenvalue weighted by Crippen LogP contribution is 2.26. The standard InChI is InChI=1S/C20H29ClN2O5S/c1-19(8-11-29(26,27)15-19)22-18(24)13-23-9-3-6-20(25,7-10-23)14-28-17-5-2-4-16(21)12-17/h2,4-5,12,25H,3,6-11,13-15H2,1H3,(H,22,24). The van der Waals surface area contributed by atoms with Crippen LogP contribution >= 0.6 is 11.6 Å². The highest BCUT2D eigenvalue weighted by molar-refractivity contribution is 7.91. The van der Waals surface area contributed by atoms with Crippen LogP contribution in [0.25, 0.3) is 0 Å². The molecule has 1 aromatic rings. The van der Waals surface area contributed by atoms with Crippen LogP contribution in [0.3, 0.4) is 0 Å². The zero-order valence-electron chi connectivity index (χ0n) is 16.7. The Balaban J connectivity index is 1.48. The van der Waals surface area contributed by atoms with E-state index in [9.17, 15) is 18.3 Å². The molecule has 2 aliphatic rings. The van der Waals surface area contributed by atoms with Gasteiger partial charge in [-0.15, -0.1) is 0 Å². The number of benzene rings is 1. The van der Waals surface area contributed by atoms with E-state index in [-0.39, 0.29) is 30.6 Å². The third kappa shape index (κ3) is 6.57. The van der Waals surface area contributed by atoms with Crippen molar-refractivity contribution in [2.45, 2.75) is 43.7 Å². The maximum atomic E-state index is 12.5. The van der Waals surface area contributed by atoms with Crippen LogP contribution in [0.15, 0.2) is 24.3 Å². The topological polar surface area (TPSA) is 95.9 Å². The molecule has 9 heteroatoms. The number of carbonyl (C=O) groups is 1. The summed E-state index contributed by atoms with van der Waals surface area (Å²) in [5.41, 5.74) is -1.65. The smallest absolute Gasteiger partial charge is 0.234 e. The molecule has 0 bridgehead atoms. The molecule has 0 radical (unpaired) electrons. The van der Waals surface area contributed by atoms with Gasteiger partial charge in [0.25, 0.3) is 0 Å². The van der Waals surface area contributed by atoms with Crippen LogP contribution in [0.1, 0.15) is 32.6 Å². The van der Waals surface area contributed by atoms with Gasteiger partial charge in [-0.05, 0) is 57.4 Å². The van der Waals surface area contributed by atoms with E-state index in [1.165, 1.54) is 0 Å². The predicted molar refractivity (Wildman–Crippen MR) is 112 cm³/mol. The molecule has 2 saturated heterocycles. The van der Waals surface area contributed by atoms with Crippen molar-refractivity contribution in [2.24, 2.45) is 0 Å². The molecule has 162 valence electrons. The molecule has 0 aliphatic carbocycles. The molecule has 0 aromatic heterocycles. The van der Waals surface area contributed by atoms with Crippen molar-refractivity contribution in [3.05, 3.63) is 29.3 Å². The second kappa shape index (κ2) is 8.79. The van der Waals surface area contributed by atoms with Gasteiger partial charge in [0.1, 0.15) is 12.4 Å². The number of amides is 1. The van der Waals surface area contributed by atoms with E-state index in [1.54, 1.807) is 31.2 Å². The van der Waals surface area contributed by atoms with E-state index >= 15 is 0 Å². The van der Waals surface area contributed by atoms with Gasteiger partial charge in [0.15, 0.2) is 9.84 Å². The average Bonchev–Trinajstić information content (AvgIpc) is 2.78. The average molecular weight is 445 g/mol. The lowest BCUT2D eigenvalue weighted by Gasteiger charge is -2.28. The third-order valence-electron chi connectivity index (χ3n) is 5.63. The molecule has 29 heavy (non-hydrogen) atoms.